The predicted octanol–water partition coefficient (Wildman–Crippen LogP) is 2.22. The van der Waals surface area contributed by atoms with Gasteiger partial charge in [0.05, 0.1) is 18.3 Å². The molecular weight excluding hydrogens is 243 g/mol. The summed E-state index contributed by atoms with van der Waals surface area (Å²) in [5, 5.41) is 12.8. The third kappa shape index (κ3) is 3.36. The summed E-state index contributed by atoms with van der Waals surface area (Å²) >= 11 is 0. The van der Waals surface area contributed by atoms with E-state index in [4.69, 9.17) is 0 Å². The van der Waals surface area contributed by atoms with E-state index < -0.39 is 11.4 Å². The Morgan fingerprint density at radius 3 is 2.63 bits per heavy atom. The van der Waals surface area contributed by atoms with E-state index in [1.165, 1.54) is 6.07 Å². The second-order valence-corrected chi connectivity index (χ2v) is 4.72. The molecule has 1 aromatic heterocycles. The molecule has 1 aromatic carbocycles. The zero-order valence-electron chi connectivity index (χ0n) is 10.8. The van der Waals surface area contributed by atoms with Crippen LogP contribution in [0.25, 0.3) is 0 Å². The first kappa shape index (κ1) is 13.6. The Morgan fingerprint density at radius 2 is 2.00 bits per heavy atom. The highest BCUT2D eigenvalue weighted by molar-refractivity contribution is 5.22. The van der Waals surface area contributed by atoms with Gasteiger partial charge in [-0.15, -0.1) is 0 Å². The maximum Gasteiger partial charge on any atom is 0.141 e. The van der Waals surface area contributed by atoms with Crippen molar-refractivity contribution in [1.29, 1.82) is 0 Å². The minimum Gasteiger partial charge on any atom is -0.394 e. The molecule has 0 spiro atoms. The first-order chi connectivity index (χ1) is 9.14. The summed E-state index contributed by atoms with van der Waals surface area (Å²) in [6, 6.07) is 11.2. The van der Waals surface area contributed by atoms with Crippen LogP contribution in [0.15, 0.2) is 48.8 Å². The van der Waals surface area contributed by atoms with Crippen LogP contribution >= 0.6 is 0 Å². The van der Waals surface area contributed by atoms with E-state index in [0.717, 1.165) is 11.8 Å². The quantitative estimate of drug-likeness (QED) is 0.866. The monoisotopic (exact) mass is 260 g/mol. The molecule has 2 N–H and O–H groups in total. The van der Waals surface area contributed by atoms with Gasteiger partial charge in [0.2, 0.25) is 0 Å². The maximum atomic E-state index is 13.2. The second-order valence-electron chi connectivity index (χ2n) is 4.72. The second kappa shape index (κ2) is 5.91. The molecule has 4 heteroatoms. The molecule has 19 heavy (non-hydrogen) atoms. The number of halogens is 1. The van der Waals surface area contributed by atoms with E-state index in [-0.39, 0.29) is 6.61 Å². The summed E-state index contributed by atoms with van der Waals surface area (Å²) in [4.78, 5) is 3.83. The molecule has 0 saturated heterocycles. The normalized spacial score (nSPS) is 14.1. The van der Waals surface area contributed by atoms with Crippen molar-refractivity contribution in [2.45, 2.75) is 19.0 Å². The highest BCUT2D eigenvalue weighted by Crippen LogP contribution is 2.20. The summed E-state index contributed by atoms with van der Waals surface area (Å²) < 4.78 is 13.2. The van der Waals surface area contributed by atoms with Gasteiger partial charge in [-0.1, -0.05) is 30.3 Å². The first-order valence-corrected chi connectivity index (χ1v) is 6.15. The molecule has 0 amide bonds. The molecule has 0 bridgehead atoms. The van der Waals surface area contributed by atoms with E-state index in [0.29, 0.717) is 12.1 Å². The number of hydrogen-bond acceptors (Lipinski definition) is 3. The molecule has 0 aliphatic heterocycles. The molecule has 2 aromatic rings. The van der Waals surface area contributed by atoms with Gasteiger partial charge in [0, 0.05) is 12.7 Å². The standard InChI is InChI=1S/C15H17FN2O/c1-15(11-19,13-7-14(16)10-17-9-13)18-8-12-5-3-2-4-6-12/h2-7,9-10,18-19H,8,11H2,1H3. The number of aromatic nitrogens is 1. The van der Waals surface area contributed by atoms with Crippen LogP contribution in [0.4, 0.5) is 4.39 Å². The Bertz CT molecular complexity index is 533. The van der Waals surface area contributed by atoms with Crippen LogP contribution in [0.2, 0.25) is 0 Å². The molecule has 100 valence electrons. The fraction of sp³-hybridized carbons (Fsp3) is 0.267. The van der Waals surface area contributed by atoms with E-state index in [1.54, 1.807) is 6.20 Å². The van der Waals surface area contributed by atoms with Crippen molar-refractivity contribution in [3.8, 4) is 0 Å². The lowest BCUT2D eigenvalue weighted by atomic mass is 9.94. The van der Waals surface area contributed by atoms with Crippen molar-refractivity contribution in [2.24, 2.45) is 0 Å². The van der Waals surface area contributed by atoms with Crippen molar-refractivity contribution in [3.63, 3.8) is 0 Å². The van der Waals surface area contributed by atoms with Gasteiger partial charge in [0.15, 0.2) is 0 Å². The Hall–Kier alpha value is -1.78. The van der Waals surface area contributed by atoms with E-state index in [2.05, 4.69) is 10.3 Å². The summed E-state index contributed by atoms with van der Waals surface area (Å²) in [5.74, 6) is -0.404. The van der Waals surface area contributed by atoms with Gasteiger partial charge in [-0.05, 0) is 24.1 Å². The number of aliphatic hydroxyl groups excluding tert-OH is 1. The fourth-order valence-corrected chi connectivity index (χ4v) is 1.86. The van der Waals surface area contributed by atoms with Gasteiger partial charge in [0.1, 0.15) is 5.82 Å². The number of aliphatic hydroxyl groups is 1. The molecule has 1 atom stereocenters. The molecule has 0 aliphatic rings. The summed E-state index contributed by atoms with van der Waals surface area (Å²) in [6.07, 6.45) is 2.72. The van der Waals surface area contributed by atoms with Gasteiger partial charge in [-0.3, -0.25) is 4.98 Å². The first-order valence-electron chi connectivity index (χ1n) is 6.15. The lowest BCUT2D eigenvalue weighted by Crippen LogP contribution is -2.42. The average molecular weight is 260 g/mol. The Labute approximate surface area is 112 Å². The summed E-state index contributed by atoms with van der Waals surface area (Å²) in [7, 11) is 0. The minimum atomic E-state index is -0.717. The molecule has 1 unspecified atom stereocenters. The van der Waals surface area contributed by atoms with Crippen LogP contribution in [0.1, 0.15) is 18.1 Å². The highest BCUT2D eigenvalue weighted by atomic mass is 19.1. The van der Waals surface area contributed by atoms with Crippen molar-refractivity contribution in [2.75, 3.05) is 6.61 Å². The average Bonchev–Trinajstić information content (AvgIpc) is 2.46. The van der Waals surface area contributed by atoms with Crippen molar-refractivity contribution in [1.82, 2.24) is 10.3 Å². The lowest BCUT2D eigenvalue weighted by molar-refractivity contribution is 0.173. The maximum absolute atomic E-state index is 13.2. The zero-order chi connectivity index (χ0) is 13.7. The molecule has 0 saturated carbocycles. The molecule has 3 nitrogen and oxygen atoms in total. The van der Waals surface area contributed by atoms with Crippen molar-refractivity contribution >= 4 is 0 Å². The van der Waals surface area contributed by atoms with Gasteiger partial charge in [0.25, 0.3) is 0 Å². The van der Waals surface area contributed by atoms with Crippen LogP contribution in [0, 0.1) is 5.82 Å². The van der Waals surface area contributed by atoms with Crippen LogP contribution in [0.3, 0.4) is 0 Å². The molecule has 1 heterocycles. The minimum absolute atomic E-state index is 0.134. The molecule has 2 rings (SSSR count). The van der Waals surface area contributed by atoms with Gasteiger partial charge in [-0.25, -0.2) is 4.39 Å². The molecule has 0 aliphatic carbocycles. The third-order valence-corrected chi connectivity index (χ3v) is 3.18. The van der Waals surface area contributed by atoms with Crippen LogP contribution < -0.4 is 5.32 Å². The summed E-state index contributed by atoms with van der Waals surface area (Å²) in [5.41, 5.74) is 1.02. The largest absolute Gasteiger partial charge is 0.394 e. The van der Waals surface area contributed by atoms with Crippen LogP contribution in [-0.2, 0) is 12.1 Å². The summed E-state index contributed by atoms with van der Waals surface area (Å²) in [6.45, 7) is 2.28. The SMILES string of the molecule is CC(CO)(NCc1ccccc1)c1cncc(F)c1. The van der Waals surface area contributed by atoms with E-state index in [9.17, 15) is 9.50 Å². The van der Waals surface area contributed by atoms with Crippen molar-refractivity contribution < 1.29 is 9.50 Å². The van der Waals surface area contributed by atoms with Gasteiger partial charge in [-0.2, -0.15) is 0 Å². The van der Waals surface area contributed by atoms with Gasteiger partial charge >= 0.3 is 0 Å². The Balaban J connectivity index is 2.14. The number of benzene rings is 1. The Morgan fingerprint density at radius 1 is 1.26 bits per heavy atom. The number of hydrogen-bond donors (Lipinski definition) is 2. The lowest BCUT2D eigenvalue weighted by Gasteiger charge is -2.29. The Kier molecular flexibility index (Phi) is 4.24. The molecule has 0 radical (unpaired) electrons. The fourth-order valence-electron chi connectivity index (χ4n) is 1.86. The zero-order valence-corrected chi connectivity index (χ0v) is 10.8. The molecule has 0 fully saturated rings. The highest BCUT2D eigenvalue weighted by Gasteiger charge is 2.25. The predicted molar refractivity (Wildman–Crippen MR) is 71.9 cm³/mol. The smallest absolute Gasteiger partial charge is 0.141 e. The van der Waals surface area contributed by atoms with Crippen LogP contribution in [0.5, 0.6) is 0 Å². The van der Waals surface area contributed by atoms with E-state index >= 15 is 0 Å². The van der Waals surface area contributed by atoms with Gasteiger partial charge < -0.3 is 10.4 Å². The molecular formula is C15H17FN2O. The number of rotatable bonds is 5. The van der Waals surface area contributed by atoms with E-state index in [1.807, 2.05) is 37.3 Å². The number of nitrogens with zero attached hydrogens (tertiary/aromatic N) is 1. The van der Waals surface area contributed by atoms with Crippen LogP contribution in [-0.4, -0.2) is 16.7 Å². The third-order valence-electron chi connectivity index (χ3n) is 3.18. The number of nitrogens with one attached hydrogen (secondary N) is 1. The van der Waals surface area contributed by atoms with Crippen molar-refractivity contribution in [3.05, 3.63) is 65.7 Å². The topological polar surface area (TPSA) is 45.1 Å². The number of pyridine rings is 1.